The van der Waals surface area contributed by atoms with Crippen LogP contribution in [0.25, 0.3) is 0 Å². The van der Waals surface area contributed by atoms with Gasteiger partial charge in [0.25, 0.3) is 0 Å². The van der Waals surface area contributed by atoms with E-state index in [1.54, 1.807) is 0 Å². The second-order valence-corrected chi connectivity index (χ2v) is 6.29. The highest BCUT2D eigenvalue weighted by molar-refractivity contribution is 14.0. The summed E-state index contributed by atoms with van der Waals surface area (Å²) in [6.07, 6.45) is 2.54. The molecule has 1 unspecified atom stereocenters. The third kappa shape index (κ3) is 5.55. The molecular weight excluding hydrogens is 433 g/mol. The molecular formula is C18H28IN3O3. The number of benzene rings is 1. The van der Waals surface area contributed by atoms with Crippen molar-refractivity contribution in [2.24, 2.45) is 10.9 Å². The van der Waals surface area contributed by atoms with Crippen molar-refractivity contribution >= 4 is 29.9 Å². The van der Waals surface area contributed by atoms with Gasteiger partial charge in [-0.3, -0.25) is 0 Å². The van der Waals surface area contributed by atoms with Crippen molar-refractivity contribution in [3.8, 4) is 17.2 Å². The number of ether oxygens (including phenoxy) is 3. The number of nitrogens with zero attached hydrogens (tertiary/aromatic N) is 2. The van der Waals surface area contributed by atoms with Crippen molar-refractivity contribution < 1.29 is 14.2 Å². The molecule has 0 aliphatic carbocycles. The molecule has 25 heavy (non-hydrogen) atoms. The molecule has 1 fully saturated rings. The Labute approximate surface area is 166 Å². The van der Waals surface area contributed by atoms with Crippen molar-refractivity contribution in [3.05, 3.63) is 18.2 Å². The minimum absolute atomic E-state index is 0. The molecule has 1 saturated heterocycles. The van der Waals surface area contributed by atoms with E-state index >= 15 is 0 Å². The Bertz CT molecular complexity index is 583. The van der Waals surface area contributed by atoms with Crippen LogP contribution in [-0.2, 0) is 0 Å². The van der Waals surface area contributed by atoms with Gasteiger partial charge in [-0.25, -0.2) is 4.99 Å². The average Bonchev–Trinajstić information content (AvgIpc) is 3.05. The predicted octanol–water partition coefficient (Wildman–Crippen LogP) is 3.11. The fraction of sp³-hybridized carbons (Fsp3) is 0.611. The molecule has 0 bridgehead atoms. The summed E-state index contributed by atoms with van der Waals surface area (Å²) < 4.78 is 16.4. The molecule has 0 radical (unpaired) electrons. The first-order chi connectivity index (χ1) is 11.8. The Balaban J connectivity index is 0.00000225. The Hall–Kier alpha value is -1.38. The van der Waals surface area contributed by atoms with Crippen molar-refractivity contribution in [2.45, 2.75) is 26.7 Å². The molecule has 2 aliphatic rings. The van der Waals surface area contributed by atoms with E-state index in [0.29, 0.717) is 13.2 Å². The maximum atomic E-state index is 5.78. The van der Waals surface area contributed by atoms with E-state index in [-0.39, 0.29) is 30.8 Å². The summed E-state index contributed by atoms with van der Waals surface area (Å²) in [6, 6.07) is 5.64. The van der Waals surface area contributed by atoms with Gasteiger partial charge in [-0.15, -0.1) is 24.0 Å². The fourth-order valence-corrected chi connectivity index (χ4v) is 3.09. The Kier molecular flexibility index (Phi) is 7.92. The van der Waals surface area contributed by atoms with E-state index in [9.17, 15) is 0 Å². The SMILES string of the molecule is CCNC(=NCCOc1ccc2c(c1)OCO2)N1CCCC(C)C1.I. The molecule has 1 aromatic carbocycles. The molecule has 0 spiro atoms. The molecule has 3 rings (SSSR count). The van der Waals surface area contributed by atoms with Crippen LogP contribution in [0, 0.1) is 5.92 Å². The number of rotatable bonds is 5. The molecule has 2 heterocycles. The lowest BCUT2D eigenvalue weighted by Gasteiger charge is -2.33. The molecule has 0 aromatic heterocycles. The van der Waals surface area contributed by atoms with Gasteiger partial charge in [0.15, 0.2) is 17.5 Å². The maximum Gasteiger partial charge on any atom is 0.231 e. The molecule has 1 aromatic rings. The Morgan fingerprint density at radius 1 is 1.36 bits per heavy atom. The van der Waals surface area contributed by atoms with Crippen LogP contribution in [0.4, 0.5) is 0 Å². The summed E-state index contributed by atoms with van der Waals surface area (Å²) in [4.78, 5) is 7.07. The Morgan fingerprint density at radius 3 is 3.00 bits per heavy atom. The zero-order valence-corrected chi connectivity index (χ0v) is 17.3. The average molecular weight is 461 g/mol. The van der Waals surface area contributed by atoms with Gasteiger partial charge in [-0.2, -0.15) is 0 Å². The number of nitrogens with one attached hydrogen (secondary N) is 1. The summed E-state index contributed by atoms with van der Waals surface area (Å²) in [6.45, 7) is 8.90. The topological polar surface area (TPSA) is 55.3 Å². The van der Waals surface area contributed by atoms with Gasteiger partial charge in [-0.1, -0.05) is 6.92 Å². The first kappa shape index (κ1) is 19.9. The molecule has 1 N–H and O–H groups in total. The lowest BCUT2D eigenvalue weighted by atomic mass is 10.0. The molecule has 0 amide bonds. The lowest BCUT2D eigenvalue weighted by Crippen LogP contribution is -2.46. The summed E-state index contributed by atoms with van der Waals surface area (Å²) >= 11 is 0. The first-order valence-electron chi connectivity index (χ1n) is 8.82. The van der Waals surface area contributed by atoms with E-state index in [1.807, 2.05) is 18.2 Å². The molecule has 2 aliphatic heterocycles. The molecule has 7 heteroatoms. The van der Waals surface area contributed by atoms with Crippen LogP contribution in [-0.4, -0.2) is 50.4 Å². The number of likely N-dealkylation sites (tertiary alicyclic amines) is 1. The van der Waals surface area contributed by atoms with Gasteiger partial charge < -0.3 is 24.4 Å². The molecule has 140 valence electrons. The predicted molar refractivity (Wildman–Crippen MR) is 109 cm³/mol. The summed E-state index contributed by atoms with van der Waals surface area (Å²) in [5.41, 5.74) is 0. The monoisotopic (exact) mass is 461 g/mol. The third-order valence-electron chi connectivity index (χ3n) is 4.26. The van der Waals surface area contributed by atoms with Crippen LogP contribution in [0.3, 0.4) is 0 Å². The van der Waals surface area contributed by atoms with Gasteiger partial charge in [-0.05, 0) is 37.8 Å². The molecule has 1 atom stereocenters. The summed E-state index contributed by atoms with van der Waals surface area (Å²) in [5, 5.41) is 3.39. The largest absolute Gasteiger partial charge is 0.492 e. The first-order valence-corrected chi connectivity index (χ1v) is 8.82. The highest BCUT2D eigenvalue weighted by Crippen LogP contribution is 2.34. The third-order valence-corrected chi connectivity index (χ3v) is 4.26. The van der Waals surface area contributed by atoms with E-state index < -0.39 is 0 Å². The number of halogens is 1. The smallest absolute Gasteiger partial charge is 0.231 e. The van der Waals surface area contributed by atoms with Crippen molar-refractivity contribution in [2.75, 3.05) is 39.6 Å². The number of piperidine rings is 1. The second-order valence-electron chi connectivity index (χ2n) is 6.29. The van der Waals surface area contributed by atoms with E-state index in [2.05, 4.69) is 24.1 Å². The number of guanidine groups is 1. The van der Waals surface area contributed by atoms with E-state index in [0.717, 1.165) is 48.8 Å². The maximum absolute atomic E-state index is 5.78. The van der Waals surface area contributed by atoms with Gasteiger partial charge in [0.1, 0.15) is 12.4 Å². The van der Waals surface area contributed by atoms with E-state index in [4.69, 9.17) is 19.2 Å². The number of hydrogen-bond donors (Lipinski definition) is 1. The fourth-order valence-electron chi connectivity index (χ4n) is 3.09. The zero-order valence-electron chi connectivity index (χ0n) is 15.0. The second kappa shape index (κ2) is 9.94. The standard InChI is InChI=1S/C18H27N3O3.HI/c1-3-19-18(21-9-4-5-14(2)12-21)20-8-10-22-15-6-7-16-17(11-15)24-13-23-16;/h6-7,11,14H,3-5,8-10,12-13H2,1-2H3,(H,19,20);1H. The van der Waals surface area contributed by atoms with Crippen LogP contribution in [0.5, 0.6) is 17.2 Å². The molecule has 6 nitrogen and oxygen atoms in total. The number of fused-ring (bicyclic) bond motifs is 1. The van der Waals surface area contributed by atoms with Gasteiger partial charge in [0.05, 0.1) is 6.54 Å². The van der Waals surface area contributed by atoms with E-state index in [1.165, 1.54) is 12.8 Å². The number of hydrogen-bond acceptors (Lipinski definition) is 4. The van der Waals surface area contributed by atoms with Crippen LogP contribution in [0.2, 0.25) is 0 Å². The highest BCUT2D eigenvalue weighted by atomic mass is 127. The zero-order chi connectivity index (χ0) is 16.8. The van der Waals surface area contributed by atoms with Crippen molar-refractivity contribution in [1.29, 1.82) is 0 Å². The molecule has 0 saturated carbocycles. The van der Waals surface area contributed by atoms with Crippen LogP contribution in [0.15, 0.2) is 23.2 Å². The van der Waals surface area contributed by atoms with Crippen LogP contribution < -0.4 is 19.5 Å². The van der Waals surface area contributed by atoms with Crippen LogP contribution >= 0.6 is 24.0 Å². The quantitative estimate of drug-likeness (QED) is 0.316. The van der Waals surface area contributed by atoms with Crippen molar-refractivity contribution in [3.63, 3.8) is 0 Å². The van der Waals surface area contributed by atoms with Gasteiger partial charge >= 0.3 is 0 Å². The van der Waals surface area contributed by atoms with Crippen LogP contribution in [0.1, 0.15) is 26.7 Å². The highest BCUT2D eigenvalue weighted by Gasteiger charge is 2.19. The summed E-state index contributed by atoms with van der Waals surface area (Å²) in [7, 11) is 0. The normalized spacial score (nSPS) is 19.4. The summed E-state index contributed by atoms with van der Waals surface area (Å²) in [5.74, 6) is 4.03. The lowest BCUT2D eigenvalue weighted by molar-refractivity contribution is 0.173. The van der Waals surface area contributed by atoms with Crippen molar-refractivity contribution in [1.82, 2.24) is 10.2 Å². The number of aliphatic imine (C=N–C) groups is 1. The van der Waals surface area contributed by atoms with Gasteiger partial charge in [0.2, 0.25) is 6.79 Å². The minimum atomic E-state index is 0. The Morgan fingerprint density at radius 2 is 2.20 bits per heavy atom. The van der Waals surface area contributed by atoms with Gasteiger partial charge in [0, 0.05) is 25.7 Å². The minimum Gasteiger partial charge on any atom is -0.492 e.